The maximum atomic E-state index is 12.1. The lowest BCUT2D eigenvalue weighted by Gasteiger charge is -2.13. The highest BCUT2D eigenvalue weighted by atomic mass is 32.2. The number of nitrogens with one attached hydrogen (secondary N) is 1. The van der Waals surface area contributed by atoms with Crippen molar-refractivity contribution in [3.63, 3.8) is 0 Å². The summed E-state index contributed by atoms with van der Waals surface area (Å²) in [6.07, 6.45) is 0. The van der Waals surface area contributed by atoms with Crippen LogP contribution in [0.2, 0.25) is 0 Å². The highest BCUT2D eigenvalue weighted by Crippen LogP contribution is 2.15. The van der Waals surface area contributed by atoms with Crippen LogP contribution in [0.3, 0.4) is 0 Å². The Hall–Kier alpha value is -2.91. The van der Waals surface area contributed by atoms with Crippen molar-refractivity contribution in [2.75, 3.05) is 39.7 Å². The van der Waals surface area contributed by atoms with Crippen molar-refractivity contribution in [1.29, 1.82) is 0 Å². The molecule has 0 saturated heterocycles. The first-order valence-corrected chi connectivity index (χ1v) is 10.3. The van der Waals surface area contributed by atoms with Crippen LogP contribution in [0.5, 0.6) is 0 Å². The topological polar surface area (TPSA) is 96.0 Å². The number of amides is 1. The summed E-state index contributed by atoms with van der Waals surface area (Å²) in [5.41, 5.74) is 2.14. The van der Waals surface area contributed by atoms with Gasteiger partial charge in [0, 0.05) is 40.4 Å². The van der Waals surface area contributed by atoms with Crippen molar-refractivity contribution in [2.24, 2.45) is 0 Å². The molecule has 1 N–H and O–H groups in total. The molecule has 0 saturated carbocycles. The molecular formula is C20H25N3O5S. The van der Waals surface area contributed by atoms with Gasteiger partial charge in [-0.15, -0.1) is 0 Å². The van der Waals surface area contributed by atoms with Crippen LogP contribution in [0.1, 0.15) is 15.9 Å². The van der Waals surface area contributed by atoms with E-state index >= 15 is 0 Å². The molecule has 2 aromatic carbocycles. The summed E-state index contributed by atoms with van der Waals surface area (Å²) < 4.78 is 30.1. The normalized spacial score (nSPS) is 11.2. The molecule has 0 heterocycles. The Balaban J connectivity index is 1.84. The second kappa shape index (κ2) is 9.53. The number of anilines is 1. The second-order valence-corrected chi connectivity index (χ2v) is 8.88. The minimum atomic E-state index is -3.57. The molecule has 0 atom stereocenters. The molecule has 0 radical (unpaired) electrons. The molecular weight excluding hydrogens is 394 g/mol. The van der Waals surface area contributed by atoms with E-state index in [9.17, 15) is 18.0 Å². The number of rotatable bonds is 8. The van der Waals surface area contributed by atoms with E-state index in [-0.39, 0.29) is 10.5 Å². The summed E-state index contributed by atoms with van der Waals surface area (Å²) in [5, 5.41) is 2.68. The smallest absolute Gasteiger partial charge is 0.338 e. The largest absolute Gasteiger partial charge is 0.452 e. The molecule has 2 rings (SSSR count). The average Bonchev–Trinajstić information content (AvgIpc) is 2.70. The molecule has 0 bridgehead atoms. The lowest BCUT2D eigenvalue weighted by molar-refractivity contribution is -0.124. The van der Waals surface area contributed by atoms with Crippen LogP contribution in [0.4, 0.5) is 5.69 Å². The van der Waals surface area contributed by atoms with Crippen LogP contribution in [-0.2, 0) is 26.1 Å². The van der Waals surface area contributed by atoms with Gasteiger partial charge in [0.15, 0.2) is 6.61 Å². The SMILES string of the molecule is CN(C)c1ccc(CNC(=O)COC(=O)c2ccc(S(=O)(=O)N(C)C)cc2)cc1. The molecule has 156 valence electrons. The van der Waals surface area contributed by atoms with Crippen LogP contribution in [0, 0.1) is 0 Å². The first kappa shape index (κ1) is 22.4. The molecule has 9 heteroatoms. The minimum Gasteiger partial charge on any atom is -0.452 e. The van der Waals surface area contributed by atoms with Gasteiger partial charge in [-0.05, 0) is 42.0 Å². The molecule has 29 heavy (non-hydrogen) atoms. The number of benzene rings is 2. The van der Waals surface area contributed by atoms with E-state index in [1.54, 1.807) is 0 Å². The van der Waals surface area contributed by atoms with E-state index in [2.05, 4.69) is 5.32 Å². The van der Waals surface area contributed by atoms with Crippen LogP contribution in [0.25, 0.3) is 0 Å². The molecule has 1 amide bonds. The fourth-order valence-corrected chi connectivity index (χ4v) is 3.25. The number of nitrogens with zero attached hydrogens (tertiary/aromatic N) is 2. The van der Waals surface area contributed by atoms with E-state index in [1.165, 1.54) is 38.4 Å². The van der Waals surface area contributed by atoms with Gasteiger partial charge in [0.2, 0.25) is 10.0 Å². The number of sulfonamides is 1. The first-order chi connectivity index (χ1) is 13.6. The molecule has 0 unspecified atom stereocenters. The van der Waals surface area contributed by atoms with Crippen molar-refractivity contribution in [3.8, 4) is 0 Å². The van der Waals surface area contributed by atoms with E-state index in [1.807, 2.05) is 43.3 Å². The summed E-state index contributed by atoms with van der Waals surface area (Å²) in [5.74, 6) is -1.13. The van der Waals surface area contributed by atoms with E-state index in [0.29, 0.717) is 6.54 Å². The summed E-state index contributed by atoms with van der Waals surface area (Å²) >= 11 is 0. The third-order valence-electron chi connectivity index (χ3n) is 4.15. The van der Waals surface area contributed by atoms with Crippen LogP contribution in [0.15, 0.2) is 53.4 Å². The summed E-state index contributed by atoms with van der Waals surface area (Å²) in [6.45, 7) is -0.104. The molecule has 0 aromatic heterocycles. The number of ether oxygens (including phenoxy) is 1. The third-order valence-corrected chi connectivity index (χ3v) is 5.97. The van der Waals surface area contributed by atoms with E-state index < -0.39 is 28.5 Å². The third kappa shape index (κ3) is 6.03. The van der Waals surface area contributed by atoms with Crippen molar-refractivity contribution >= 4 is 27.6 Å². The predicted octanol–water partition coefficient (Wildman–Crippen LogP) is 1.48. The zero-order valence-electron chi connectivity index (χ0n) is 16.9. The Morgan fingerprint density at radius 3 is 2.03 bits per heavy atom. The monoisotopic (exact) mass is 419 g/mol. The fraction of sp³-hybridized carbons (Fsp3) is 0.300. The van der Waals surface area contributed by atoms with E-state index in [0.717, 1.165) is 15.6 Å². The Bertz CT molecular complexity index is 953. The van der Waals surface area contributed by atoms with Gasteiger partial charge in [0.05, 0.1) is 10.5 Å². The van der Waals surface area contributed by atoms with Crippen LogP contribution < -0.4 is 10.2 Å². The molecule has 0 fully saturated rings. The maximum absolute atomic E-state index is 12.1. The maximum Gasteiger partial charge on any atom is 0.338 e. The number of esters is 1. The van der Waals surface area contributed by atoms with Crippen molar-refractivity contribution in [1.82, 2.24) is 9.62 Å². The van der Waals surface area contributed by atoms with Gasteiger partial charge in [-0.25, -0.2) is 17.5 Å². The Morgan fingerprint density at radius 2 is 1.52 bits per heavy atom. The summed E-state index contributed by atoms with van der Waals surface area (Å²) in [7, 11) is 3.16. The average molecular weight is 420 g/mol. The van der Waals surface area contributed by atoms with Gasteiger partial charge < -0.3 is 15.0 Å². The molecule has 0 spiro atoms. The van der Waals surface area contributed by atoms with Gasteiger partial charge >= 0.3 is 5.97 Å². The highest BCUT2D eigenvalue weighted by molar-refractivity contribution is 7.89. The zero-order valence-corrected chi connectivity index (χ0v) is 17.7. The van der Waals surface area contributed by atoms with Gasteiger partial charge in [-0.2, -0.15) is 0 Å². The van der Waals surface area contributed by atoms with Crippen LogP contribution in [-0.4, -0.2) is 59.4 Å². The molecule has 0 aliphatic carbocycles. The van der Waals surface area contributed by atoms with Gasteiger partial charge in [0.25, 0.3) is 5.91 Å². The standard InChI is InChI=1S/C20H25N3O5S/c1-22(2)17-9-5-15(6-10-17)13-21-19(24)14-28-20(25)16-7-11-18(12-8-16)29(26,27)23(3)4/h5-12H,13-14H2,1-4H3,(H,21,24). The minimum absolute atomic E-state index is 0.0667. The van der Waals surface area contributed by atoms with Gasteiger partial charge in [0.1, 0.15) is 0 Å². The number of hydrogen-bond donors (Lipinski definition) is 1. The predicted molar refractivity (Wildman–Crippen MR) is 110 cm³/mol. The fourth-order valence-electron chi connectivity index (χ4n) is 2.35. The molecule has 0 aliphatic heterocycles. The summed E-state index contributed by atoms with van der Waals surface area (Å²) in [6, 6.07) is 13.1. The van der Waals surface area contributed by atoms with Crippen LogP contribution >= 0.6 is 0 Å². The number of carbonyl (C=O) groups excluding carboxylic acids is 2. The molecule has 8 nitrogen and oxygen atoms in total. The van der Waals surface area contributed by atoms with Crippen molar-refractivity contribution in [2.45, 2.75) is 11.4 Å². The second-order valence-electron chi connectivity index (χ2n) is 6.73. The Kier molecular flexibility index (Phi) is 7.35. The quantitative estimate of drug-likeness (QED) is 0.651. The van der Waals surface area contributed by atoms with Gasteiger partial charge in [-0.1, -0.05) is 12.1 Å². The Morgan fingerprint density at radius 1 is 0.931 bits per heavy atom. The van der Waals surface area contributed by atoms with Crippen molar-refractivity contribution in [3.05, 3.63) is 59.7 Å². The zero-order chi connectivity index (χ0) is 21.6. The highest BCUT2D eigenvalue weighted by Gasteiger charge is 2.18. The molecule has 0 aliphatic rings. The lowest BCUT2D eigenvalue weighted by Crippen LogP contribution is -2.28. The molecule has 2 aromatic rings. The number of hydrogen-bond acceptors (Lipinski definition) is 6. The Labute approximate surface area is 171 Å². The van der Waals surface area contributed by atoms with Crippen molar-refractivity contribution < 1.29 is 22.7 Å². The lowest BCUT2D eigenvalue weighted by atomic mass is 10.2. The van der Waals surface area contributed by atoms with E-state index in [4.69, 9.17) is 4.74 Å². The number of carbonyl (C=O) groups is 2. The summed E-state index contributed by atoms with van der Waals surface area (Å²) in [4.78, 5) is 26.0. The van der Waals surface area contributed by atoms with Gasteiger partial charge in [-0.3, -0.25) is 4.79 Å². The first-order valence-electron chi connectivity index (χ1n) is 8.84.